The minimum Gasteiger partial charge on any atom is -0.508 e. The lowest BCUT2D eigenvalue weighted by Crippen LogP contribution is -2.46. The van der Waals surface area contributed by atoms with Crippen molar-refractivity contribution >= 4 is 27.5 Å². The molecule has 4 atom stereocenters. The number of fused-ring (bicyclic) bond motifs is 3. The number of likely N-dealkylation sites (tertiary alicyclic amines) is 1. The smallest absolute Gasteiger partial charge is 0.227 e. The summed E-state index contributed by atoms with van der Waals surface area (Å²) in [5.41, 5.74) is 0.249. The molecule has 4 aromatic rings. The molecule has 46 heavy (non-hydrogen) atoms. The lowest BCUT2D eigenvalue weighted by Gasteiger charge is -2.42. The lowest BCUT2D eigenvalue weighted by atomic mass is 9.84. The van der Waals surface area contributed by atoms with E-state index >= 15 is 4.39 Å². The van der Waals surface area contributed by atoms with Gasteiger partial charge >= 0.3 is 0 Å². The molecule has 238 valence electrons. The average molecular weight is 624 g/mol. The van der Waals surface area contributed by atoms with E-state index in [4.69, 9.17) is 26.1 Å². The van der Waals surface area contributed by atoms with E-state index in [1.54, 1.807) is 0 Å². The van der Waals surface area contributed by atoms with Crippen LogP contribution in [0.2, 0.25) is 0 Å². The molecule has 4 unspecified atom stereocenters. The van der Waals surface area contributed by atoms with Crippen LogP contribution in [0.15, 0.2) is 24.3 Å². The molecular formula is C37H39F2N5O2. The van der Waals surface area contributed by atoms with E-state index < -0.39 is 11.6 Å². The molecule has 2 aromatic carbocycles. The molecule has 4 aliphatic heterocycles. The van der Waals surface area contributed by atoms with Crippen LogP contribution in [0.4, 0.5) is 14.6 Å². The summed E-state index contributed by atoms with van der Waals surface area (Å²) in [5, 5.41) is 12.0. The highest BCUT2D eigenvalue weighted by Crippen LogP contribution is 2.44. The van der Waals surface area contributed by atoms with Gasteiger partial charge in [0.15, 0.2) is 5.82 Å². The summed E-state index contributed by atoms with van der Waals surface area (Å²) in [6.07, 6.45) is 16.5. The molecule has 0 spiro atoms. The van der Waals surface area contributed by atoms with Crippen LogP contribution in [0.1, 0.15) is 69.2 Å². The highest BCUT2D eigenvalue weighted by Gasteiger charge is 2.37. The second-order valence-electron chi connectivity index (χ2n) is 13.8. The maximum absolute atomic E-state index is 17.2. The van der Waals surface area contributed by atoms with Crippen molar-refractivity contribution in [2.24, 2.45) is 11.8 Å². The third kappa shape index (κ3) is 4.93. The number of halogens is 2. The first kappa shape index (κ1) is 29.4. The number of hydrogen-bond donors (Lipinski definition) is 1. The van der Waals surface area contributed by atoms with Gasteiger partial charge in [0.25, 0.3) is 0 Å². The van der Waals surface area contributed by atoms with Crippen molar-refractivity contribution in [1.29, 1.82) is 0 Å². The van der Waals surface area contributed by atoms with Gasteiger partial charge in [-0.15, -0.1) is 6.42 Å². The Morgan fingerprint density at radius 1 is 0.978 bits per heavy atom. The average Bonchev–Trinajstić information content (AvgIpc) is 3.47. The van der Waals surface area contributed by atoms with Gasteiger partial charge < -0.3 is 19.6 Å². The number of hydrogen-bond acceptors (Lipinski definition) is 7. The molecule has 0 amide bonds. The Bertz CT molecular complexity index is 1890. The van der Waals surface area contributed by atoms with Crippen LogP contribution >= 0.6 is 0 Å². The van der Waals surface area contributed by atoms with Gasteiger partial charge in [0.05, 0.1) is 12.2 Å². The molecule has 1 N–H and O–H groups in total. The summed E-state index contributed by atoms with van der Waals surface area (Å²) in [5.74, 6) is 3.58. The lowest BCUT2D eigenvalue weighted by molar-refractivity contribution is 0.207. The van der Waals surface area contributed by atoms with E-state index in [2.05, 4.69) is 22.8 Å². The summed E-state index contributed by atoms with van der Waals surface area (Å²) in [7, 11) is 2.21. The number of nitrogens with zero attached hydrogens (tertiary/aromatic N) is 5. The molecule has 8 rings (SSSR count). The first-order chi connectivity index (χ1) is 22.4. The van der Waals surface area contributed by atoms with Crippen LogP contribution in [0.5, 0.6) is 11.6 Å². The standard InChI is InChI=1S/C37H39F2N5O2/c1-3-26-28(38)13-11-23-17-25(45)19-27(31(23)26)34-33(39)35-32-36-41-30(40-35)18-22(29-9-6-15-43(29)2)8-5-4-7-21-10-12-24(44(36)20-21)14-16-46-37(32)42-34/h1,11,13,17,19,21-22,24,29,45H,4-10,12,14-16,18,20H2,2H3. The molecule has 2 saturated heterocycles. The third-order valence-corrected chi connectivity index (χ3v) is 11.0. The van der Waals surface area contributed by atoms with Crippen LogP contribution in [0, 0.1) is 35.8 Å². The minimum atomic E-state index is -0.654. The second kappa shape index (κ2) is 11.6. The summed E-state index contributed by atoms with van der Waals surface area (Å²) >= 11 is 0. The van der Waals surface area contributed by atoms with Crippen molar-refractivity contribution in [2.45, 2.75) is 76.3 Å². The second-order valence-corrected chi connectivity index (χ2v) is 13.8. The molecule has 6 heterocycles. The molecule has 9 heteroatoms. The number of anilines is 1. The van der Waals surface area contributed by atoms with Crippen molar-refractivity contribution in [1.82, 2.24) is 19.9 Å². The highest BCUT2D eigenvalue weighted by atomic mass is 19.1. The van der Waals surface area contributed by atoms with Crippen LogP contribution in [0.3, 0.4) is 0 Å². The van der Waals surface area contributed by atoms with Crippen molar-refractivity contribution in [3.8, 4) is 35.2 Å². The molecule has 0 saturated carbocycles. The number of terminal acetylenes is 1. The summed E-state index contributed by atoms with van der Waals surface area (Å²) in [6.45, 7) is 2.38. The fourth-order valence-corrected chi connectivity index (χ4v) is 8.73. The van der Waals surface area contributed by atoms with Crippen molar-refractivity contribution < 1.29 is 18.6 Å². The number of phenolic OH excluding ortho intramolecular Hbond substituents is 1. The number of aromatic nitrogens is 3. The van der Waals surface area contributed by atoms with Gasteiger partial charge in [-0.05, 0) is 87.5 Å². The van der Waals surface area contributed by atoms with Gasteiger partial charge in [-0.1, -0.05) is 24.8 Å². The monoisotopic (exact) mass is 623 g/mol. The largest absolute Gasteiger partial charge is 0.508 e. The maximum atomic E-state index is 17.2. The van der Waals surface area contributed by atoms with Crippen molar-refractivity contribution in [3.05, 3.63) is 47.3 Å². The van der Waals surface area contributed by atoms with Gasteiger partial charge in [0.2, 0.25) is 5.88 Å². The molecule has 2 fully saturated rings. The molecule has 0 aliphatic carbocycles. The number of ether oxygens (including phenoxy) is 1. The van der Waals surface area contributed by atoms with Gasteiger partial charge in [-0.25, -0.2) is 23.7 Å². The predicted octanol–water partition coefficient (Wildman–Crippen LogP) is 7.00. The molecule has 7 nitrogen and oxygen atoms in total. The molecular weight excluding hydrogens is 584 g/mol. The number of benzene rings is 2. The van der Waals surface area contributed by atoms with Crippen LogP contribution in [-0.4, -0.2) is 63.8 Å². The Balaban J connectivity index is 1.39. The van der Waals surface area contributed by atoms with Gasteiger partial charge in [0, 0.05) is 42.4 Å². The first-order valence-electron chi connectivity index (χ1n) is 16.8. The Hall–Kier alpha value is -4.03. The van der Waals surface area contributed by atoms with E-state index in [0.717, 1.165) is 38.8 Å². The zero-order valence-corrected chi connectivity index (χ0v) is 26.2. The number of rotatable bonds is 2. The quantitative estimate of drug-likeness (QED) is 0.241. The first-order valence-corrected chi connectivity index (χ1v) is 16.8. The minimum absolute atomic E-state index is 0.0124. The van der Waals surface area contributed by atoms with E-state index in [-0.39, 0.29) is 40.0 Å². The van der Waals surface area contributed by atoms with E-state index in [9.17, 15) is 9.50 Å². The zero-order valence-electron chi connectivity index (χ0n) is 26.2. The Morgan fingerprint density at radius 3 is 2.67 bits per heavy atom. The van der Waals surface area contributed by atoms with E-state index in [1.165, 1.54) is 56.4 Å². The van der Waals surface area contributed by atoms with Gasteiger partial charge in [-0.2, -0.15) is 0 Å². The Morgan fingerprint density at radius 2 is 1.85 bits per heavy atom. The maximum Gasteiger partial charge on any atom is 0.227 e. The molecule has 0 radical (unpaired) electrons. The highest BCUT2D eigenvalue weighted by molar-refractivity contribution is 6.04. The molecule has 4 aliphatic rings. The summed E-state index contributed by atoms with van der Waals surface area (Å²) in [6, 6.07) is 6.36. The normalized spacial score (nSPS) is 25.1. The van der Waals surface area contributed by atoms with Crippen LogP contribution in [0.25, 0.3) is 32.9 Å². The van der Waals surface area contributed by atoms with Crippen LogP contribution < -0.4 is 9.64 Å². The zero-order chi connectivity index (χ0) is 31.5. The van der Waals surface area contributed by atoms with Crippen molar-refractivity contribution in [3.63, 3.8) is 0 Å². The van der Waals surface area contributed by atoms with Crippen LogP contribution in [-0.2, 0) is 6.42 Å². The Kier molecular flexibility index (Phi) is 7.44. The summed E-state index contributed by atoms with van der Waals surface area (Å²) in [4.78, 5) is 19.8. The third-order valence-electron chi connectivity index (χ3n) is 11.0. The van der Waals surface area contributed by atoms with E-state index in [1.807, 2.05) is 0 Å². The molecule has 4 bridgehead atoms. The van der Waals surface area contributed by atoms with E-state index in [0.29, 0.717) is 58.7 Å². The van der Waals surface area contributed by atoms with Gasteiger partial charge in [0.1, 0.15) is 39.8 Å². The SMILES string of the molecule is C#Cc1c(F)ccc2cc(O)cc(-c3nc4c5c6nc(nc5c3F)CC(C3CCCN3C)CCCCC3CCC(CCO4)N6C3)c12. The predicted molar refractivity (Wildman–Crippen MR) is 175 cm³/mol. The summed E-state index contributed by atoms with van der Waals surface area (Å²) < 4.78 is 38.5. The number of piperidine rings is 1. The topological polar surface area (TPSA) is 74.6 Å². The number of phenols is 1. The fraction of sp³-hybridized carbons (Fsp3) is 0.486. The molecule has 2 aromatic heterocycles. The number of aromatic hydroxyl groups is 1. The number of pyridine rings is 1. The van der Waals surface area contributed by atoms with Gasteiger partial charge in [-0.3, -0.25) is 0 Å². The van der Waals surface area contributed by atoms with Crippen molar-refractivity contribution in [2.75, 3.05) is 31.6 Å². The Labute approximate surface area is 268 Å². The fourth-order valence-electron chi connectivity index (χ4n) is 8.73.